The van der Waals surface area contributed by atoms with Crippen molar-refractivity contribution in [2.24, 2.45) is 0 Å². The molecule has 0 aliphatic rings. The van der Waals surface area contributed by atoms with E-state index >= 15 is 0 Å². The van der Waals surface area contributed by atoms with Crippen molar-refractivity contribution in [1.82, 2.24) is 0 Å². The van der Waals surface area contributed by atoms with Crippen molar-refractivity contribution >= 4 is 5.69 Å². The predicted molar refractivity (Wildman–Crippen MR) is 72.8 cm³/mol. The molecule has 0 saturated carbocycles. The maximum absolute atomic E-state index is 13.0. The van der Waals surface area contributed by atoms with Crippen LogP contribution in [0.3, 0.4) is 0 Å². The quantitative estimate of drug-likeness (QED) is 0.883. The van der Waals surface area contributed by atoms with Crippen molar-refractivity contribution in [2.45, 2.75) is 6.10 Å². The molecular formula is C15H15F2NO2. The van der Waals surface area contributed by atoms with Crippen LogP contribution < -0.4 is 10.1 Å². The van der Waals surface area contributed by atoms with Crippen molar-refractivity contribution in [3.63, 3.8) is 0 Å². The van der Waals surface area contributed by atoms with Gasteiger partial charge in [0.1, 0.15) is 17.4 Å². The summed E-state index contributed by atoms with van der Waals surface area (Å²) in [5.41, 5.74) is 0.943. The highest BCUT2D eigenvalue weighted by Crippen LogP contribution is 2.20. The van der Waals surface area contributed by atoms with Crippen LogP contribution in [-0.4, -0.2) is 18.8 Å². The Bertz CT molecular complexity index is 570. The van der Waals surface area contributed by atoms with Gasteiger partial charge in [-0.25, -0.2) is 8.78 Å². The molecule has 0 aromatic heterocycles. The molecule has 2 aromatic rings. The van der Waals surface area contributed by atoms with E-state index in [1.165, 1.54) is 12.1 Å². The first-order valence-corrected chi connectivity index (χ1v) is 6.10. The van der Waals surface area contributed by atoms with E-state index < -0.39 is 17.7 Å². The van der Waals surface area contributed by atoms with Gasteiger partial charge >= 0.3 is 0 Å². The second kappa shape index (κ2) is 6.34. The molecule has 2 N–H and O–H groups in total. The molecule has 0 aliphatic carbocycles. The van der Waals surface area contributed by atoms with E-state index in [4.69, 9.17) is 4.74 Å². The van der Waals surface area contributed by atoms with Gasteiger partial charge in [-0.2, -0.15) is 0 Å². The van der Waals surface area contributed by atoms with Crippen molar-refractivity contribution < 1.29 is 18.6 Å². The fraction of sp³-hybridized carbons (Fsp3) is 0.200. The molecule has 0 amide bonds. The summed E-state index contributed by atoms with van der Waals surface area (Å²) in [6, 6.07) is 10.1. The van der Waals surface area contributed by atoms with E-state index in [0.717, 1.165) is 6.07 Å². The molecule has 2 aromatic carbocycles. The van der Waals surface area contributed by atoms with E-state index in [1.54, 1.807) is 31.4 Å². The Morgan fingerprint density at radius 3 is 2.50 bits per heavy atom. The maximum atomic E-state index is 13.0. The summed E-state index contributed by atoms with van der Waals surface area (Å²) < 4.78 is 31.1. The third-order valence-electron chi connectivity index (χ3n) is 2.84. The first kappa shape index (κ1) is 14.3. The van der Waals surface area contributed by atoms with Crippen LogP contribution >= 0.6 is 0 Å². The second-order valence-corrected chi connectivity index (χ2v) is 4.33. The number of aliphatic hydroxyl groups is 1. The molecule has 0 radical (unpaired) electrons. The minimum Gasteiger partial charge on any atom is -0.497 e. The fourth-order valence-electron chi connectivity index (χ4n) is 1.84. The Morgan fingerprint density at radius 2 is 1.85 bits per heavy atom. The molecule has 1 unspecified atom stereocenters. The van der Waals surface area contributed by atoms with Gasteiger partial charge in [0.15, 0.2) is 0 Å². The average molecular weight is 279 g/mol. The summed E-state index contributed by atoms with van der Waals surface area (Å²) in [5.74, 6) is -0.690. The molecule has 0 saturated heterocycles. The second-order valence-electron chi connectivity index (χ2n) is 4.33. The number of halogens is 2. The fourth-order valence-corrected chi connectivity index (χ4v) is 1.84. The zero-order chi connectivity index (χ0) is 14.5. The van der Waals surface area contributed by atoms with Gasteiger partial charge in [-0.05, 0) is 29.8 Å². The molecule has 0 aliphatic heterocycles. The van der Waals surface area contributed by atoms with Gasteiger partial charge in [-0.1, -0.05) is 12.1 Å². The van der Waals surface area contributed by atoms with Crippen LogP contribution in [0.4, 0.5) is 14.5 Å². The highest BCUT2D eigenvalue weighted by Gasteiger charge is 2.09. The molecule has 5 heteroatoms. The topological polar surface area (TPSA) is 41.5 Å². The summed E-state index contributed by atoms with van der Waals surface area (Å²) in [4.78, 5) is 0. The SMILES string of the molecule is COc1cccc(C(O)CNc2cc(F)cc(F)c2)c1. The average Bonchev–Trinajstić information content (AvgIpc) is 2.44. The summed E-state index contributed by atoms with van der Waals surface area (Å²) in [6.07, 6.45) is -0.809. The molecule has 0 fully saturated rings. The molecule has 0 spiro atoms. The van der Waals surface area contributed by atoms with Crippen molar-refractivity contribution in [1.29, 1.82) is 0 Å². The minimum atomic E-state index is -0.809. The van der Waals surface area contributed by atoms with E-state index in [-0.39, 0.29) is 12.2 Å². The van der Waals surface area contributed by atoms with Gasteiger partial charge in [0, 0.05) is 18.3 Å². The number of anilines is 1. The van der Waals surface area contributed by atoms with E-state index in [0.29, 0.717) is 11.3 Å². The number of rotatable bonds is 5. The number of hydrogen-bond acceptors (Lipinski definition) is 3. The lowest BCUT2D eigenvalue weighted by Gasteiger charge is -2.14. The summed E-state index contributed by atoms with van der Waals surface area (Å²) in [6.45, 7) is 0.135. The van der Waals surface area contributed by atoms with Crippen LogP contribution in [0.2, 0.25) is 0 Å². The summed E-state index contributed by atoms with van der Waals surface area (Å²) >= 11 is 0. The largest absolute Gasteiger partial charge is 0.497 e. The van der Waals surface area contributed by atoms with Crippen LogP contribution in [0.1, 0.15) is 11.7 Å². The van der Waals surface area contributed by atoms with Crippen LogP contribution in [0.25, 0.3) is 0 Å². The van der Waals surface area contributed by atoms with Crippen LogP contribution in [0.5, 0.6) is 5.75 Å². The Hall–Kier alpha value is -2.14. The Labute approximate surface area is 115 Å². The number of methoxy groups -OCH3 is 1. The van der Waals surface area contributed by atoms with Crippen molar-refractivity contribution in [3.05, 3.63) is 59.7 Å². The Balaban J connectivity index is 2.02. The predicted octanol–water partition coefficient (Wildman–Crippen LogP) is 3.12. The molecular weight excluding hydrogens is 264 g/mol. The zero-order valence-corrected chi connectivity index (χ0v) is 10.9. The number of ether oxygens (including phenoxy) is 1. The lowest BCUT2D eigenvalue weighted by atomic mass is 10.1. The first-order valence-electron chi connectivity index (χ1n) is 6.10. The lowest BCUT2D eigenvalue weighted by molar-refractivity contribution is 0.191. The Kier molecular flexibility index (Phi) is 4.53. The molecule has 106 valence electrons. The molecule has 3 nitrogen and oxygen atoms in total. The van der Waals surface area contributed by atoms with Crippen LogP contribution in [0, 0.1) is 11.6 Å². The lowest BCUT2D eigenvalue weighted by Crippen LogP contribution is -2.12. The highest BCUT2D eigenvalue weighted by atomic mass is 19.1. The van der Waals surface area contributed by atoms with Crippen molar-refractivity contribution in [2.75, 3.05) is 19.0 Å². The maximum Gasteiger partial charge on any atom is 0.128 e. The number of hydrogen-bond donors (Lipinski definition) is 2. The van der Waals surface area contributed by atoms with Gasteiger partial charge in [0.2, 0.25) is 0 Å². The van der Waals surface area contributed by atoms with E-state index in [1.807, 2.05) is 0 Å². The summed E-state index contributed by atoms with van der Waals surface area (Å²) in [5, 5.41) is 12.8. The molecule has 1 atom stereocenters. The van der Waals surface area contributed by atoms with Crippen LogP contribution in [-0.2, 0) is 0 Å². The first-order chi connectivity index (χ1) is 9.58. The normalized spacial score (nSPS) is 12.0. The number of benzene rings is 2. The zero-order valence-electron chi connectivity index (χ0n) is 10.9. The third kappa shape index (κ3) is 3.68. The standard InChI is InChI=1S/C15H15F2NO2/c1-20-14-4-2-3-10(5-14)15(19)9-18-13-7-11(16)6-12(17)8-13/h2-8,15,18-19H,9H2,1H3. The Morgan fingerprint density at radius 1 is 1.15 bits per heavy atom. The molecule has 2 rings (SSSR count). The van der Waals surface area contributed by atoms with Gasteiger partial charge in [0.25, 0.3) is 0 Å². The van der Waals surface area contributed by atoms with Gasteiger partial charge in [-0.15, -0.1) is 0 Å². The highest BCUT2D eigenvalue weighted by molar-refractivity contribution is 5.44. The van der Waals surface area contributed by atoms with E-state index in [2.05, 4.69) is 5.32 Å². The van der Waals surface area contributed by atoms with Gasteiger partial charge in [-0.3, -0.25) is 0 Å². The van der Waals surface area contributed by atoms with Crippen molar-refractivity contribution in [3.8, 4) is 5.75 Å². The molecule has 20 heavy (non-hydrogen) atoms. The van der Waals surface area contributed by atoms with E-state index in [9.17, 15) is 13.9 Å². The number of aliphatic hydroxyl groups excluding tert-OH is 1. The van der Waals surface area contributed by atoms with Crippen LogP contribution in [0.15, 0.2) is 42.5 Å². The molecule has 0 heterocycles. The smallest absolute Gasteiger partial charge is 0.128 e. The number of nitrogens with one attached hydrogen (secondary N) is 1. The minimum absolute atomic E-state index is 0.135. The van der Waals surface area contributed by atoms with Gasteiger partial charge < -0.3 is 15.2 Å². The van der Waals surface area contributed by atoms with Gasteiger partial charge in [0.05, 0.1) is 13.2 Å². The third-order valence-corrected chi connectivity index (χ3v) is 2.84. The molecule has 0 bridgehead atoms. The monoisotopic (exact) mass is 279 g/mol. The summed E-state index contributed by atoms with van der Waals surface area (Å²) in [7, 11) is 1.54.